The van der Waals surface area contributed by atoms with E-state index in [1.807, 2.05) is 13.8 Å². The van der Waals surface area contributed by atoms with Gasteiger partial charge in [-0.2, -0.15) is 0 Å². The van der Waals surface area contributed by atoms with E-state index in [9.17, 15) is 23.4 Å². The van der Waals surface area contributed by atoms with E-state index in [1.54, 1.807) is 12.1 Å². The van der Waals surface area contributed by atoms with Crippen molar-refractivity contribution in [1.82, 2.24) is 5.32 Å². The molecule has 0 saturated heterocycles. The van der Waals surface area contributed by atoms with Crippen LogP contribution in [-0.2, 0) is 5.54 Å². The van der Waals surface area contributed by atoms with E-state index in [0.29, 0.717) is 17.5 Å². The predicted molar refractivity (Wildman–Crippen MR) is 89.7 cm³/mol. The molecule has 26 heavy (non-hydrogen) atoms. The largest absolute Gasteiger partial charge is 0.573 e. The van der Waals surface area contributed by atoms with Crippen molar-refractivity contribution in [1.29, 1.82) is 0 Å². The molecule has 0 aromatic heterocycles. The van der Waals surface area contributed by atoms with Crippen LogP contribution in [0, 0.1) is 0 Å². The molecule has 0 aliphatic carbocycles. The molecule has 0 spiro atoms. The molecule has 0 saturated carbocycles. The van der Waals surface area contributed by atoms with Crippen LogP contribution in [0.2, 0.25) is 0 Å². The Bertz CT molecular complexity index is 792. The van der Waals surface area contributed by atoms with Gasteiger partial charge in [0, 0.05) is 6.04 Å². The van der Waals surface area contributed by atoms with Crippen molar-refractivity contribution in [3.05, 3.63) is 59.2 Å². The zero-order valence-electron chi connectivity index (χ0n) is 14.3. The number of aromatic hydroxyl groups is 1. The molecular formula is C19H20F3NO3. The minimum atomic E-state index is -4.77. The molecule has 3 atom stereocenters. The third kappa shape index (κ3) is 3.37. The van der Waals surface area contributed by atoms with Crippen LogP contribution in [0.15, 0.2) is 42.5 Å². The fraction of sp³-hybridized carbons (Fsp3) is 0.368. The summed E-state index contributed by atoms with van der Waals surface area (Å²) in [5, 5.41) is 23.8. The number of rotatable bonds is 3. The summed E-state index contributed by atoms with van der Waals surface area (Å²) < 4.78 is 41.5. The molecule has 2 aromatic carbocycles. The Hall–Kier alpha value is -2.25. The topological polar surface area (TPSA) is 61.7 Å². The summed E-state index contributed by atoms with van der Waals surface area (Å²) in [5.41, 5.74) is 1.05. The van der Waals surface area contributed by atoms with Crippen LogP contribution >= 0.6 is 0 Å². The molecule has 1 heterocycles. The van der Waals surface area contributed by atoms with Crippen molar-refractivity contribution in [3.8, 4) is 11.5 Å². The van der Waals surface area contributed by atoms with Gasteiger partial charge in [0.1, 0.15) is 17.6 Å². The number of benzene rings is 2. The SMILES string of the molecule is CCC1NC(C)(c2ccc(O)cc2)C(O)c2ccc(OC(F)(F)F)cc21. The van der Waals surface area contributed by atoms with Gasteiger partial charge in [0.15, 0.2) is 0 Å². The van der Waals surface area contributed by atoms with Crippen LogP contribution in [0.25, 0.3) is 0 Å². The number of fused-ring (bicyclic) bond motifs is 1. The first-order valence-electron chi connectivity index (χ1n) is 8.29. The lowest BCUT2D eigenvalue weighted by Gasteiger charge is -2.45. The molecule has 1 aliphatic rings. The molecule has 4 nitrogen and oxygen atoms in total. The summed E-state index contributed by atoms with van der Waals surface area (Å²) in [6, 6.07) is 10.2. The van der Waals surface area contributed by atoms with Gasteiger partial charge in [-0.05, 0) is 54.3 Å². The number of hydrogen-bond donors (Lipinski definition) is 3. The highest BCUT2D eigenvalue weighted by molar-refractivity contribution is 5.45. The van der Waals surface area contributed by atoms with Gasteiger partial charge in [-0.1, -0.05) is 25.1 Å². The predicted octanol–water partition coefficient (Wildman–Crippen LogP) is 4.29. The average molecular weight is 367 g/mol. The Morgan fingerprint density at radius 1 is 1.12 bits per heavy atom. The molecule has 3 unspecified atom stereocenters. The summed E-state index contributed by atoms with van der Waals surface area (Å²) in [4.78, 5) is 0. The molecule has 140 valence electrons. The third-order valence-electron chi connectivity index (χ3n) is 4.86. The third-order valence-corrected chi connectivity index (χ3v) is 4.86. The summed E-state index contributed by atoms with van der Waals surface area (Å²) in [6.45, 7) is 3.74. The summed E-state index contributed by atoms with van der Waals surface area (Å²) >= 11 is 0. The first-order chi connectivity index (χ1) is 12.1. The number of phenols is 1. The Kier molecular flexibility index (Phi) is 4.62. The zero-order chi connectivity index (χ0) is 19.1. The van der Waals surface area contributed by atoms with Crippen LogP contribution in [-0.4, -0.2) is 16.6 Å². The maximum atomic E-state index is 12.5. The lowest BCUT2D eigenvalue weighted by molar-refractivity contribution is -0.274. The fourth-order valence-electron chi connectivity index (χ4n) is 3.50. The van der Waals surface area contributed by atoms with Crippen molar-refractivity contribution in [2.75, 3.05) is 0 Å². The highest BCUT2D eigenvalue weighted by atomic mass is 19.4. The molecule has 7 heteroatoms. The van der Waals surface area contributed by atoms with E-state index in [2.05, 4.69) is 10.1 Å². The van der Waals surface area contributed by atoms with E-state index < -0.39 is 18.0 Å². The van der Waals surface area contributed by atoms with Crippen molar-refractivity contribution in [2.24, 2.45) is 0 Å². The van der Waals surface area contributed by atoms with Crippen molar-refractivity contribution in [3.63, 3.8) is 0 Å². The van der Waals surface area contributed by atoms with E-state index in [1.165, 1.54) is 30.3 Å². The maximum Gasteiger partial charge on any atom is 0.573 e. The molecule has 3 rings (SSSR count). The molecule has 0 fully saturated rings. The second-order valence-corrected chi connectivity index (χ2v) is 6.60. The first-order valence-corrected chi connectivity index (χ1v) is 8.29. The molecule has 0 amide bonds. The monoisotopic (exact) mass is 367 g/mol. The number of aliphatic hydroxyl groups is 1. The van der Waals surface area contributed by atoms with Gasteiger partial charge < -0.3 is 14.9 Å². The van der Waals surface area contributed by atoms with Crippen LogP contribution < -0.4 is 10.1 Å². The van der Waals surface area contributed by atoms with E-state index in [0.717, 1.165) is 5.56 Å². The Morgan fingerprint density at radius 2 is 1.77 bits per heavy atom. The second kappa shape index (κ2) is 6.48. The van der Waals surface area contributed by atoms with Crippen LogP contribution in [0.5, 0.6) is 11.5 Å². The maximum absolute atomic E-state index is 12.5. The normalized spacial score (nSPS) is 25.6. The summed E-state index contributed by atoms with van der Waals surface area (Å²) in [5.74, 6) is -0.194. The van der Waals surface area contributed by atoms with Gasteiger partial charge in [-0.25, -0.2) is 0 Å². The molecule has 2 aromatic rings. The quantitative estimate of drug-likeness (QED) is 0.757. The number of aliphatic hydroxyl groups excluding tert-OH is 1. The summed E-state index contributed by atoms with van der Waals surface area (Å²) in [7, 11) is 0. The lowest BCUT2D eigenvalue weighted by atomic mass is 9.75. The van der Waals surface area contributed by atoms with E-state index >= 15 is 0 Å². The molecular weight excluding hydrogens is 347 g/mol. The number of ether oxygens (including phenoxy) is 1. The van der Waals surface area contributed by atoms with Crippen LogP contribution in [0.3, 0.4) is 0 Å². The van der Waals surface area contributed by atoms with E-state index in [4.69, 9.17) is 0 Å². The van der Waals surface area contributed by atoms with Crippen molar-refractivity contribution < 1.29 is 28.1 Å². The highest BCUT2D eigenvalue weighted by Crippen LogP contribution is 2.46. The van der Waals surface area contributed by atoms with Crippen LogP contribution in [0.1, 0.15) is 49.1 Å². The second-order valence-electron chi connectivity index (χ2n) is 6.60. The van der Waals surface area contributed by atoms with Gasteiger partial charge >= 0.3 is 6.36 Å². The minimum Gasteiger partial charge on any atom is -0.508 e. The average Bonchev–Trinajstić information content (AvgIpc) is 2.57. The minimum absolute atomic E-state index is 0.115. The zero-order valence-corrected chi connectivity index (χ0v) is 14.3. The molecule has 1 aliphatic heterocycles. The Balaban J connectivity index is 2.03. The molecule has 3 N–H and O–H groups in total. The van der Waals surface area contributed by atoms with Crippen LogP contribution in [0.4, 0.5) is 13.2 Å². The van der Waals surface area contributed by atoms with Gasteiger partial charge in [0.2, 0.25) is 0 Å². The number of alkyl halides is 3. The standard InChI is InChI=1S/C19H20F3NO3/c1-3-16-15-10-13(26-19(20,21)22)8-9-14(15)17(25)18(2,23-16)11-4-6-12(24)7-5-11/h4-10,16-17,23-25H,3H2,1-2H3. The molecule has 0 radical (unpaired) electrons. The lowest BCUT2D eigenvalue weighted by Crippen LogP contribution is -2.50. The van der Waals surface area contributed by atoms with Gasteiger partial charge in [-0.3, -0.25) is 5.32 Å². The Labute approximate surface area is 149 Å². The number of halogens is 3. The number of phenolic OH excluding ortho intramolecular Hbond substituents is 1. The number of hydrogen-bond acceptors (Lipinski definition) is 4. The molecule has 0 bridgehead atoms. The van der Waals surface area contributed by atoms with Crippen molar-refractivity contribution >= 4 is 0 Å². The first kappa shape index (κ1) is 18.5. The van der Waals surface area contributed by atoms with Gasteiger partial charge in [-0.15, -0.1) is 13.2 Å². The van der Waals surface area contributed by atoms with Crippen molar-refractivity contribution in [2.45, 2.75) is 44.3 Å². The van der Waals surface area contributed by atoms with Gasteiger partial charge in [0.25, 0.3) is 0 Å². The number of nitrogens with one attached hydrogen (secondary N) is 1. The highest BCUT2D eigenvalue weighted by Gasteiger charge is 2.43. The Morgan fingerprint density at radius 3 is 2.35 bits per heavy atom. The summed E-state index contributed by atoms with van der Waals surface area (Å²) in [6.07, 6.45) is -5.13. The fourth-order valence-corrected chi connectivity index (χ4v) is 3.50. The van der Waals surface area contributed by atoms with E-state index in [-0.39, 0.29) is 17.5 Å². The smallest absolute Gasteiger partial charge is 0.508 e. The van der Waals surface area contributed by atoms with Gasteiger partial charge in [0.05, 0.1) is 5.54 Å².